The van der Waals surface area contributed by atoms with Gasteiger partial charge in [0.15, 0.2) is 0 Å². The van der Waals surface area contributed by atoms with E-state index in [-0.39, 0.29) is 11.5 Å². The number of anilines is 1. The maximum absolute atomic E-state index is 13.1. The van der Waals surface area contributed by atoms with E-state index in [1.54, 1.807) is 6.20 Å². The summed E-state index contributed by atoms with van der Waals surface area (Å²) in [6.07, 6.45) is -1.33. The molecule has 200 valence electrons. The Hall–Kier alpha value is -3.84. The van der Waals surface area contributed by atoms with Crippen LogP contribution in [0.3, 0.4) is 0 Å². The van der Waals surface area contributed by atoms with Crippen LogP contribution in [0.15, 0.2) is 48.7 Å². The van der Waals surface area contributed by atoms with E-state index in [1.807, 2.05) is 49.2 Å². The summed E-state index contributed by atoms with van der Waals surface area (Å²) in [5, 5.41) is 12.6. The molecule has 0 saturated carbocycles. The van der Waals surface area contributed by atoms with Crippen LogP contribution < -0.4 is 19.7 Å². The molecule has 0 aliphatic carbocycles. The lowest BCUT2D eigenvalue weighted by Crippen LogP contribution is -2.33. The van der Waals surface area contributed by atoms with Crippen LogP contribution in [-0.2, 0) is 6.18 Å². The van der Waals surface area contributed by atoms with Gasteiger partial charge in [-0.3, -0.25) is 0 Å². The van der Waals surface area contributed by atoms with E-state index in [2.05, 4.69) is 10.3 Å². The molecule has 0 unspecified atom stereocenters. The fourth-order valence-electron chi connectivity index (χ4n) is 4.62. The number of halogens is 3. The fourth-order valence-corrected chi connectivity index (χ4v) is 4.62. The van der Waals surface area contributed by atoms with Crippen LogP contribution in [0.25, 0.3) is 11.3 Å². The number of alkyl halides is 3. The number of hydrogen-bond acceptors (Lipinski definition) is 7. The van der Waals surface area contributed by atoms with Crippen LogP contribution in [0.5, 0.6) is 11.8 Å². The van der Waals surface area contributed by atoms with Crippen LogP contribution in [0.4, 0.5) is 18.9 Å². The predicted octanol–water partition coefficient (Wildman–Crippen LogP) is 5.41. The summed E-state index contributed by atoms with van der Waals surface area (Å²) < 4.78 is 51.1. The van der Waals surface area contributed by atoms with E-state index in [1.165, 1.54) is 6.07 Å². The number of nitrogens with one attached hydrogen (secondary N) is 1. The fraction of sp³-hybridized carbons (Fsp3) is 0.393. The summed E-state index contributed by atoms with van der Waals surface area (Å²) in [4.78, 5) is 11.1. The molecule has 3 heterocycles. The Morgan fingerprint density at radius 2 is 1.89 bits per heavy atom. The summed E-state index contributed by atoms with van der Waals surface area (Å²) >= 11 is 0. The first-order valence-electron chi connectivity index (χ1n) is 12.6. The van der Waals surface area contributed by atoms with Gasteiger partial charge in [0.25, 0.3) is 0 Å². The summed E-state index contributed by atoms with van der Waals surface area (Å²) in [5.41, 5.74) is 2.20. The number of hydrogen-bond donors (Lipinski definition) is 1. The molecule has 1 aliphatic rings. The number of nitrogens with zero attached hydrogens (tertiary/aromatic N) is 4. The molecule has 0 amide bonds. The Morgan fingerprint density at radius 3 is 2.58 bits per heavy atom. The summed E-state index contributed by atoms with van der Waals surface area (Å²) in [5.74, 6) is 1.21. The molecule has 4 rings (SSSR count). The smallest absolute Gasteiger partial charge is 0.416 e. The number of rotatable bonds is 9. The second kappa shape index (κ2) is 12.1. The van der Waals surface area contributed by atoms with Gasteiger partial charge in [-0.25, -0.2) is 9.97 Å². The zero-order valence-corrected chi connectivity index (χ0v) is 21.4. The Kier molecular flexibility index (Phi) is 8.69. The molecular formula is C28H30F3N5O2. The van der Waals surface area contributed by atoms with Gasteiger partial charge in [0.1, 0.15) is 12.7 Å². The van der Waals surface area contributed by atoms with E-state index in [9.17, 15) is 18.4 Å². The van der Waals surface area contributed by atoms with Crippen LogP contribution >= 0.6 is 0 Å². The van der Waals surface area contributed by atoms with E-state index in [4.69, 9.17) is 14.5 Å². The van der Waals surface area contributed by atoms with Gasteiger partial charge in [-0.05, 0) is 69.1 Å². The number of aromatic nitrogens is 2. The van der Waals surface area contributed by atoms with Crippen molar-refractivity contribution >= 4 is 5.69 Å². The summed E-state index contributed by atoms with van der Waals surface area (Å²) in [6, 6.07) is 13.0. The molecule has 0 radical (unpaired) electrons. The summed E-state index contributed by atoms with van der Waals surface area (Å²) in [6.45, 7) is 4.68. The minimum Gasteiger partial charge on any atom is -0.477 e. The standard InChI is InChI=1S/C28H30F3N5O2/c1-3-37-26-23(5-4-12-34-26)24-8-7-22(27(35-24)38-16-13-33-2)19-10-14-36(15-11-19)25-9-6-21(28(29,30)31)17-20(25)18-32/h4-9,12,17,19,33H,3,10-11,13-16H2,1-2H3. The molecule has 10 heteroatoms. The molecule has 0 spiro atoms. The van der Waals surface area contributed by atoms with E-state index in [0.717, 1.165) is 36.1 Å². The van der Waals surface area contributed by atoms with Gasteiger partial charge in [0.2, 0.25) is 11.8 Å². The third kappa shape index (κ3) is 6.17. The Balaban J connectivity index is 1.56. The second-order valence-electron chi connectivity index (χ2n) is 8.93. The third-order valence-electron chi connectivity index (χ3n) is 6.53. The van der Waals surface area contributed by atoms with Crippen LogP contribution in [0.2, 0.25) is 0 Å². The lowest BCUT2D eigenvalue weighted by molar-refractivity contribution is -0.137. The largest absolute Gasteiger partial charge is 0.477 e. The Morgan fingerprint density at radius 1 is 1.11 bits per heavy atom. The van der Waals surface area contributed by atoms with Crippen molar-refractivity contribution in [3.8, 4) is 29.1 Å². The zero-order chi connectivity index (χ0) is 27.1. The predicted molar refractivity (Wildman–Crippen MR) is 138 cm³/mol. The highest BCUT2D eigenvalue weighted by atomic mass is 19.4. The Bertz CT molecular complexity index is 1280. The van der Waals surface area contributed by atoms with Crippen molar-refractivity contribution in [3.05, 3.63) is 65.4 Å². The van der Waals surface area contributed by atoms with E-state index in [0.29, 0.717) is 56.0 Å². The number of piperidine rings is 1. The molecule has 3 aromatic rings. The zero-order valence-electron chi connectivity index (χ0n) is 21.4. The van der Waals surface area contributed by atoms with Crippen molar-refractivity contribution < 1.29 is 22.6 Å². The summed E-state index contributed by atoms with van der Waals surface area (Å²) in [7, 11) is 1.85. The first-order valence-corrected chi connectivity index (χ1v) is 12.6. The van der Waals surface area contributed by atoms with Gasteiger partial charge in [0.05, 0.1) is 34.7 Å². The molecule has 0 bridgehead atoms. The number of benzene rings is 1. The highest BCUT2D eigenvalue weighted by Crippen LogP contribution is 2.39. The van der Waals surface area contributed by atoms with Gasteiger partial charge in [0, 0.05) is 31.4 Å². The molecule has 7 nitrogen and oxygen atoms in total. The molecular weight excluding hydrogens is 495 g/mol. The quantitative estimate of drug-likeness (QED) is 0.374. The maximum atomic E-state index is 13.1. The average molecular weight is 526 g/mol. The van der Waals surface area contributed by atoms with Gasteiger partial charge in [-0.2, -0.15) is 18.4 Å². The third-order valence-corrected chi connectivity index (χ3v) is 6.53. The SMILES string of the molecule is CCOc1ncccc1-c1ccc(C2CCN(c3ccc(C(F)(F)F)cc3C#N)CC2)c(OCCNC)n1. The monoisotopic (exact) mass is 525 g/mol. The minimum atomic E-state index is -4.49. The highest BCUT2D eigenvalue weighted by molar-refractivity contribution is 5.66. The highest BCUT2D eigenvalue weighted by Gasteiger charge is 2.32. The molecule has 1 aromatic carbocycles. The average Bonchev–Trinajstić information content (AvgIpc) is 2.93. The van der Waals surface area contributed by atoms with Gasteiger partial charge in [-0.15, -0.1) is 0 Å². The van der Waals surface area contributed by atoms with Crippen LogP contribution in [-0.4, -0.2) is 49.9 Å². The number of pyridine rings is 2. The Labute approximate surface area is 220 Å². The van der Waals surface area contributed by atoms with Gasteiger partial charge in [-0.1, -0.05) is 6.07 Å². The van der Waals surface area contributed by atoms with E-state index >= 15 is 0 Å². The van der Waals surface area contributed by atoms with Crippen molar-refractivity contribution in [2.45, 2.75) is 31.9 Å². The molecule has 38 heavy (non-hydrogen) atoms. The van der Waals surface area contributed by atoms with Crippen molar-refractivity contribution in [1.82, 2.24) is 15.3 Å². The van der Waals surface area contributed by atoms with Crippen LogP contribution in [0, 0.1) is 11.3 Å². The first-order chi connectivity index (χ1) is 18.4. The minimum absolute atomic E-state index is 0.0296. The lowest BCUT2D eigenvalue weighted by atomic mass is 9.89. The molecule has 2 aromatic heterocycles. The van der Waals surface area contributed by atoms with E-state index < -0.39 is 11.7 Å². The number of ether oxygens (including phenoxy) is 2. The number of likely N-dealkylation sites (N-methyl/N-ethyl adjacent to an activating group) is 1. The molecule has 1 saturated heterocycles. The molecule has 1 N–H and O–H groups in total. The topological polar surface area (TPSA) is 83.3 Å². The molecule has 1 aliphatic heterocycles. The molecule has 1 fully saturated rings. The lowest BCUT2D eigenvalue weighted by Gasteiger charge is -2.34. The van der Waals surface area contributed by atoms with Gasteiger partial charge >= 0.3 is 6.18 Å². The van der Waals surface area contributed by atoms with Crippen molar-refractivity contribution in [1.29, 1.82) is 5.26 Å². The number of nitriles is 1. The maximum Gasteiger partial charge on any atom is 0.416 e. The normalized spacial score (nSPS) is 14.3. The van der Waals surface area contributed by atoms with Crippen molar-refractivity contribution in [2.24, 2.45) is 0 Å². The molecule has 0 atom stereocenters. The van der Waals surface area contributed by atoms with Crippen molar-refractivity contribution in [3.63, 3.8) is 0 Å². The van der Waals surface area contributed by atoms with Crippen LogP contribution in [0.1, 0.15) is 42.4 Å². The van der Waals surface area contributed by atoms with Gasteiger partial charge < -0.3 is 19.7 Å². The first kappa shape index (κ1) is 27.2. The second-order valence-corrected chi connectivity index (χ2v) is 8.93. The van der Waals surface area contributed by atoms with Crippen molar-refractivity contribution in [2.75, 3.05) is 44.8 Å².